The van der Waals surface area contributed by atoms with Crippen molar-refractivity contribution in [3.05, 3.63) is 12.2 Å². The van der Waals surface area contributed by atoms with E-state index in [1.54, 1.807) is 6.92 Å². The van der Waals surface area contributed by atoms with Crippen LogP contribution >= 0.6 is 0 Å². The first-order valence-electron chi connectivity index (χ1n) is 7.07. The first-order valence-corrected chi connectivity index (χ1v) is 7.07. The third-order valence-corrected chi connectivity index (χ3v) is 4.44. The molecule has 0 aromatic carbocycles. The summed E-state index contributed by atoms with van der Waals surface area (Å²) in [5.41, 5.74) is 0. The number of likely N-dealkylation sites (tertiary alicyclic amines) is 1. The molecule has 4 atom stereocenters. The first-order chi connectivity index (χ1) is 9.63. The molecule has 1 N–H and O–H groups in total. The zero-order valence-electron chi connectivity index (χ0n) is 11.4. The Morgan fingerprint density at radius 1 is 1.30 bits per heavy atom. The van der Waals surface area contributed by atoms with Crippen LogP contribution in [-0.2, 0) is 14.3 Å². The van der Waals surface area contributed by atoms with Crippen LogP contribution in [0.5, 0.6) is 0 Å². The number of rotatable bonds is 4. The van der Waals surface area contributed by atoms with E-state index in [2.05, 4.69) is 17.5 Å². The van der Waals surface area contributed by atoms with Crippen molar-refractivity contribution in [1.29, 1.82) is 0 Å². The summed E-state index contributed by atoms with van der Waals surface area (Å²) < 4.78 is 4.73. The lowest BCUT2D eigenvalue weighted by molar-refractivity contribution is -0.140. The maximum Gasteiger partial charge on any atom is 0.407 e. The van der Waals surface area contributed by atoms with Crippen LogP contribution in [0.3, 0.4) is 0 Å². The fraction of sp³-hybridized carbons (Fsp3) is 0.643. The Kier molecular flexibility index (Phi) is 3.23. The summed E-state index contributed by atoms with van der Waals surface area (Å²) in [5.74, 6) is -0.0425. The second kappa shape index (κ2) is 4.92. The molecule has 0 aromatic heterocycles. The van der Waals surface area contributed by atoms with Crippen molar-refractivity contribution >= 4 is 17.9 Å². The number of alkyl carbamates (subject to hydrolysis) is 1. The van der Waals surface area contributed by atoms with E-state index in [4.69, 9.17) is 4.74 Å². The highest BCUT2D eigenvalue weighted by molar-refractivity contribution is 6.06. The molecule has 2 bridgehead atoms. The smallest absolute Gasteiger partial charge is 0.407 e. The maximum absolute atomic E-state index is 12.3. The van der Waals surface area contributed by atoms with E-state index in [0.29, 0.717) is 6.61 Å². The molecule has 20 heavy (non-hydrogen) atoms. The van der Waals surface area contributed by atoms with Crippen molar-refractivity contribution in [2.75, 3.05) is 19.7 Å². The Morgan fingerprint density at radius 3 is 2.45 bits per heavy atom. The van der Waals surface area contributed by atoms with E-state index < -0.39 is 6.09 Å². The highest BCUT2D eigenvalue weighted by atomic mass is 16.5. The van der Waals surface area contributed by atoms with Gasteiger partial charge in [0, 0.05) is 13.1 Å². The monoisotopic (exact) mass is 278 g/mol. The summed E-state index contributed by atoms with van der Waals surface area (Å²) >= 11 is 0. The molecule has 2 aliphatic carbocycles. The Bertz CT molecular complexity index is 458. The van der Waals surface area contributed by atoms with E-state index in [0.717, 1.165) is 6.42 Å². The SMILES string of the molecule is CCOC(=O)NCCN1C(=O)[C@@H]2[C@H](C1=O)[C@H]1C=C[C@H]2C1. The Morgan fingerprint density at radius 2 is 1.90 bits per heavy atom. The normalized spacial score (nSPS) is 33.8. The number of nitrogens with one attached hydrogen (secondary N) is 1. The van der Waals surface area contributed by atoms with Crippen LogP contribution in [0, 0.1) is 23.7 Å². The maximum atomic E-state index is 12.3. The molecule has 1 saturated heterocycles. The van der Waals surface area contributed by atoms with E-state index in [-0.39, 0.29) is 48.6 Å². The summed E-state index contributed by atoms with van der Waals surface area (Å²) in [6.45, 7) is 2.48. The van der Waals surface area contributed by atoms with E-state index in [1.165, 1.54) is 4.90 Å². The highest BCUT2D eigenvalue weighted by Gasteiger charge is 2.58. The van der Waals surface area contributed by atoms with Gasteiger partial charge >= 0.3 is 6.09 Å². The van der Waals surface area contributed by atoms with Crippen LogP contribution < -0.4 is 5.32 Å². The zero-order chi connectivity index (χ0) is 14.3. The fourth-order valence-corrected chi connectivity index (χ4v) is 3.64. The number of hydrogen-bond donors (Lipinski definition) is 1. The lowest BCUT2D eigenvalue weighted by atomic mass is 9.85. The lowest BCUT2D eigenvalue weighted by Gasteiger charge is -2.17. The number of nitrogens with zero attached hydrogens (tertiary/aromatic N) is 1. The molecule has 3 amide bonds. The summed E-state index contributed by atoms with van der Waals surface area (Å²) in [7, 11) is 0. The quantitative estimate of drug-likeness (QED) is 0.601. The van der Waals surface area contributed by atoms with Crippen molar-refractivity contribution in [3.8, 4) is 0 Å². The molecule has 0 radical (unpaired) electrons. The van der Waals surface area contributed by atoms with Crippen molar-refractivity contribution < 1.29 is 19.1 Å². The minimum Gasteiger partial charge on any atom is -0.450 e. The van der Waals surface area contributed by atoms with Crippen LogP contribution in [0.1, 0.15) is 13.3 Å². The topological polar surface area (TPSA) is 75.7 Å². The average molecular weight is 278 g/mol. The Hall–Kier alpha value is -1.85. The molecule has 0 unspecified atom stereocenters. The van der Waals surface area contributed by atoms with Gasteiger partial charge in [0.2, 0.25) is 11.8 Å². The summed E-state index contributed by atoms with van der Waals surface area (Å²) in [4.78, 5) is 37.1. The number of carbonyl (C=O) groups is 3. The Labute approximate surface area is 117 Å². The molecule has 6 nitrogen and oxygen atoms in total. The second-order valence-corrected chi connectivity index (χ2v) is 5.48. The molecule has 0 spiro atoms. The largest absolute Gasteiger partial charge is 0.450 e. The standard InChI is InChI=1S/C14H18N2O4/c1-2-20-14(19)15-5-6-16-12(17)10-8-3-4-9(7-8)11(10)13(16)18/h3-4,8-11H,2,5-7H2,1H3,(H,15,19)/t8-,9-,10-,11+/m0/s1. The number of fused-ring (bicyclic) bond motifs is 5. The van der Waals surface area contributed by atoms with Gasteiger partial charge in [-0.1, -0.05) is 12.2 Å². The number of ether oxygens (including phenoxy) is 1. The van der Waals surface area contributed by atoms with Crippen LogP contribution in [0.4, 0.5) is 4.79 Å². The van der Waals surface area contributed by atoms with E-state index >= 15 is 0 Å². The van der Waals surface area contributed by atoms with Crippen molar-refractivity contribution in [2.24, 2.45) is 23.7 Å². The molecule has 3 aliphatic rings. The minimum atomic E-state index is -0.520. The molecule has 1 heterocycles. The van der Waals surface area contributed by atoms with Gasteiger partial charge in [-0.2, -0.15) is 0 Å². The molecular formula is C14H18N2O4. The van der Waals surface area contributed by atoms with E-state index in [9.17, 15) is 14.4 Å². The van der Waals surface area contributed by atoms with Crippen molar-refractivity contribution in [2.45, 2.75) is 13.3 Å². The highest BCUT2D eigenvalue weighted by Crippen LogP contribution is 2.52. The van der Waals surface area contributed by atoms with Gasteiger partial charge < -0.3 is 10.1 Å². The second-order valence-electron chi connectivity index (χ2n) is 5.48. The fourth-order valence-electron chi connectivity index (χ4n) is 3.64. The van der Waals surface area contributed by atoms with Crippen LogP contribution in [-0.4, -0.2) is 42.5 Å². The molecule has 6 heteroatoms. The number of carbonyl (C=O) groups excluding carboxylic acids is 3. The number of hydrogen-bond acceptors (Lipinski definition) is 4. The van der Waals surface area contributed by atoms with Crippen LogP contribution in [0.25, 0.3) is 0 Å². The van der Waals surface area contributed by atoms with Gasteiger partial charge in [-0.25, -0.2) is 4.79 Å². The molecule has 3 rings (SSSR count). The van der Waals surface area contributed by atoms with Crippen molar-refractivity contribution in [3.63, 3.8) is 0 Å². The predicted molar refractivity (Wildman–Crippen MR) is 69.5 cm³/mol. The third-order valence-electron chi connectivity index (χ3n) is 4.44. The summed E-state index contributed by atoms with van der Waals surface area (Å²) in [5, 5.41) is 2.53. The third kappa shape index (κ3) is 1.90. The molecule has 1 aliphatic heterocycles. The van der Waals surface area contributed by atoms with E-state index in [1.807, 2.05) is 0 Å². The van der Waals surface area contributed by atoms with Gasteiger partial charge in [-0.3, -0.25) is 14.5 Å². The minimum absolute atomic E-state index is 0.0810. The van der Waals surface area contributed by atoms with Gasteiger partial charge in [0.15, 0.2) is 0 Å². The van der Waals surface area contributed by atoms with Gasteiger partial charge in [0.05, 0.1) is 18.4 Å². The lowest BCUT2D eigenvalue weighted by Crippen LogP contribution is -2.39. The van der Waals surface area contributed by atoms with Crippen molar-refractivity contribution in [1.82, 2.24) is 10.2 Å². The van der Waals surface area contributed by atoms with Gasteiger partial charge in [0.1, 0.15) is 0 Å². The number of amides is 3. The van der Waals surface area contributed by atoms with Crippen LogP contribution in [0.15, 0.2) is 12.2 Å². The molecular weight excluding hydrogens is 260 g/mol. The number of imide groups is 1. The number of allylic oxidation sites excluding steroid dienone is 2. The zero-order valence-corrected chi connectivity index (χ0v) is 11.4. The van der Waals surface area contributed by atoms with Crippen LogP contribution in [0.2, 0.25) is 0 Å². The molecule has 0 aromatic rings. The van der Waals surface area contributed by atoms with Gasteiger partial charge in [-0.05, 0) is 25.2 Å². The molecule has 1 saturated carbocycles. The van der Waals surface area contributed by atoms with Gasteiger partial charge in [-0.15, -0.1) is 0 Å². The summed E-state index contributed by atoms with van der Waals surface area (Å²) in [6, 6.07) is 0. The average Bonchev–Trinajstić information content (AvgIpc) is 3.08. The first kappa shape index (κ1) is 13.1. The van der Waals surface area contributed by atoms with Gasteiger partial charge in [0.25, 0.3) is 0 Å². The molecule has 108 valence electrons. The molecule has 2 fully saturated rings. The summed E-state index contributed by atoms with van der Waals surface area (Å²) in [6.07, 6.45) is 4.55. The predicted octanol–water partition coefficient (Wildman–Crippen LogP) is 0.540. The Balaban J connectivity index is 1.58.